The third-order valence-electron chi connectivity index (χ3n) is 4.87. The van der Waals surface area contributed by atoms with Gasteiger partial charge >= 0.3 is 0 Å². The van der Waals surface area contributed by atoms with Crippen LogP contribution in [0, 0.1) is 0 Å². The van der Waals surface area contributed by atoms with Gasteiger partial charge in [-0.05, 0) is 5.56 Å². The van der Waals surface area contributed by atoms with Crippen LogP contribution in [0.15, 0.2) is 91.0 Å². The first kappa shape index (κ1) is 17.6. The molecule has 0 aliphatic heterocycles. The van der Waals surface area contributed by atoms with Gasteiger partial charge in [0.05, 0.1) is 17.0 Å². The first-order chi connectivity index (χ1) is 14.3. The van der Waals surface area contributed by atoms with E-state index in [9.17, 15) is 0 Å². The largest absolute Gasteiger partial charge is 0.241 e. The summed E-state index contributed by atoms with van der Waals surface area (Å²) >= 11 is 6.89. The fraction of sp³-hybridized carbons (Fsp3) is 0.0417. The minimum atomic E-state index is 0.569. The van der Waals surface area contributed by atoms with Gasteiger partial charge in [-0.3, -0.25) is 0 Å². The van der Waals surface area contributed by atoms with Gasteiger partial charge in [-0.1, -0.05) is 103 Å². The number of hydrogen-bond acceptors (Lipinski definition) is 3. The second kappa shape index (κ2) is 7.49. The first-order valence-corrected chi connectivity index (χ1v) is 9.76. The van der Waals surface area contributed by atoms with E-state index in [1.807, 2.05) is 83.5 Å². The Morgan fingerprint density at radius 1 is 0.655 bits per heavy atom. The molecule has 5 heteroatoms. The predicted molar refractivity (Wildman–Crippen MR) is 117 cm³/mol. The molecular weight excluding hydrogens is 380 g/mol. The lowest BCUT2D eigenvalue weighted by atomic mass is 10.1. The van der Waals surface area contributed by atoms with E-state index in [1.165, 1.54) is 0 Å². The minimum absolute atomic E-state index is 0.569. The summed E-state index contributed by atoms with van der Waals surface area (Å²) < 4.78 is 1.88. The molecule has 2 aromatic heterocycles. The Bertz CT molecular complexity index is 1270. The summed E-state index contributed by atoms with van der Waals surface area (Å²) in [6.45, 7) is 0.597. The first-order valence-electron chi connectivity index (χ1n) is 9.39. The Labute approximate surface area is 173 Å². The highest BCUT2D eigenvalue weighted by atomic mass is 35.5. The Hall–Kier alpha value is -3.50. The quantitative estimate of drug-likeness (QED) is 0.382. The van der Waals surface area contributed by atoms with Gasteiger partial charge in [0.1, 0.15) is 11.4 Å². The Kier molecular flexibility index (Phi) is 4.54. The van der Waals surface area contributed by atoms with Crippen LogP contribution in [0.25, 0.3) is 33.5 Å². The van der Waals surface area contributed by atoms with E-state index in [0.717, 1.165) is 27.8 Å². The lowest BCUT2D eigenvalue weighted by Gasteiger charge is -2.06. The molecule has 4 nitrogen and oxygen atoms in total. The standard InChI is InChI=1S/C24H17ClN4/c25-21-20-22(18-12-6-2-7-13-18)28-29(16-17-10-4-1-5-11-17)24(20)27-26-23(21)19-14-8-3-9-15-19/h1-15H,16H2. The van der Waals surface area contributed by atoms with Gasteiger partial charge < -0.3 is 0 Å². The zero-order chi connectivity index (χ0) is 19.6. The summed E-state index contributed by atoms with van der Waals surface area (Å²) in [4.78, 5) is 0. The van der Waals surface area contributed by atoms with E-state index in [2.05, 4.69) is 22.3 Å². The summed E-state index contributed by atoms with van der Waals surface area (Å²) in [5.41, 5.74) is 5.23. The molecule has 2 heterocycles. The fourth-order valence-corrected chi connectivity index (χ4v) is 3.78. The highest BCUT2D eigenvalue weighted by molar-refractivity contribution is 6.38. The number of halogens is 1. The second-order valence-electron chi connectivity index (χ2n) is 6.79. The highest BCUT2D eigenvalue weighted by Crippen LogP contribution is 2.37. The van der Waals surface area contributed by atoms with Crippen LogP contribution >= 0.6 is 11.6 Å². The molecule has 0 N–H and O–H groups in total. The van der Waals surface area contributed by atoms with Crippen LogP contribution in [-0.2, 0) is 6.54 Å². The van der Waals surface area contributed by atoms with Gasteiger partial charge in [0.25, 0.3) is 0 Å². The van der Waals surface area contributed by atoms with Crippen molar-refractivity contribution < 1.29 is 0 Å². The molecule has 0 saturated carbocycles. The molecule has 3 aromatic carbocycles. The van der Waals surface area contributed by atoms with Crippen LogP contribution in [-0.4, -0.2) is 20.0 Å². The summed E-state index contributed by atoms with van der Waals surface area (Å²) in [7, 11) is 0. The van der Waals surface area contributed by atoms with Crippen LogP contribution in [0.4, 0.5) is 0 Å². The summed E-state index contributed by atoms with van der Waals surface area (Å²) in [6.07, 6.45) is 0. The van der Waals surface area contributed by atoms with Gasteiger partial charge in [-0.25, -0.2) is 4.68 Å². The molecule has 140 valence electrons. The van der Waals surface area contributed by atoms with Gasteiger partial charge in [0, 0.05) is 11.1 Å². The molecule has 0 spiro atoms. The predicted octanol–water partition coefficient (Wildman–Crippen LogP) is 5.86. The van der Waals surface area contributed by atoms with Gasteiger partial charge in [-0.15, -0.1) is 10.2 Å². The Morgan fingerprint density at radius 2 is 1.21 bits per heavy atom. The average Bonchev–Trinajstić information content (AvgIpc) is 3.15. The number of benzene rings is 3. The van der Waals surface area contributed by atoms with Gasteiger partial charge in [0.15, 0.2) is 5.65 Å². The molecule has 29 heavy (non-hydrogen) atoms. The van der Waals surface area contributed by atoms with Crippen molar-refractivity contribution in [2.24, 2.45) is 0 Å². The molecule has 0 bridgehead atoms. The number of aromatic nitrogens is 4. The number of fused-ring (bicyclic) bond motifs is 1. The van der Waals surface area contributed by atoms with E-state index >= 15 is 0 Å². The zero-order valence-electron chi connectivity index (χ0n) is 15.5. The number of nitrogens with zero attached hydrogens (tertiary/aromatic N) is 4. The lowest BCUT2D eigenvalue weighted by Crippen LogP contribution is -2.03. The van der Waals surface area contributed by atoms with E-state index in [1.54, 1.807) is 0 Å². The van der Waals surface area contributed by atoms with E-state index in [0.29, 0.717) is 22.9 Å². The monoisotopic (exact) mass is 396 g/mol. The highest BCUT2D eigenvalue weighted by Gasteiger charge is 2.21. The normalized spacial score (nSPS) is 11.1. The van der Waals surface area contributed by atoms with Crippen LogP contribution < -0.4 is 0 Å². The van der Waals surface area contributed by atoms with Gasteiger partial charge in [-0.2, -0.15) is 5.10 Å². The fourth-order valence-electron chi connectivity index (χ4n) is 3.46. The summed E-state index contributed by atoms with van der Waals surface area (Å²) in [5, 5.41) is 15.2. The third-order valence-corrected chi connectivity index (χ3v) is 5.24. The molecule has 0 radical (unpaired) electrons. The Balaban J connectivity index is 1.75. The molecule has 0 amide bonds. The van der Waals surface area contributed by atoms with Crippen LogP contribution in [0.3, 0.4) is 0 Å². The SMILES string of the molecule is Clc1c(-c2ccccc2)nnc2c1c(-c1ccccc1)nn2Cc1ccccc1. The smallest absolute Gasteiger partial charge is 0.182 e. The van der Waals surface area contributed by atoms with E-state index in [-0.39, 0.29) is 0 Å². The number of rotatable bonds is 4. The summed E-state index contributed by atoms with van der Waals surface area (Å²) in [6, 6.07) is 30.1. The molecule has 0 aliphatic carbocycles. The van der Waals surface area contributed by atoms with Crippen LogP contribution in [0.5, 0.6) is 0 Å². The lowest BCUT2D eigenvalue weighted by molar-refractivity contribution is 0.702. The van der Waals surface area contributed by atoms with Gasteiger partial charge in [0.2, 0.25) is 0 Å². The van der Waals surface area contributed by atoms with Crippen molar-refractivity contribution in [3.63, 3.8) is 0 Å². The zero-order valence-corrected chi connectivity index (χ0v) is 16.3. The van der Waals surface area contributed by atoms with Crippen molar-refractivity contribution in [1.82, 2.24) is 20.0 Å². The molecule has 5 aromatic rings. The van der Waals surface area contributed by atoms with E-state index in [4.69, 9.17) is 16.7 Å². The van der Waals surface area contributed by atoms with Crippen molar-refractivity contribution in [1.29, 1.82) is 0 Å². The Morgan fingerprint density at radius 3 is 1.83 bits per heavy atom. The molecular formula is C24H17ClN4. The maximum Gasteiger partial charge on any atom is 0.182 e. The topological polar surface area (TPSA) is 43.6 Å². The van der Waals surface area contributed by atoms with E-state index < -0.39 is 0 Å². The van der Waals surface area contributed by atoms with Crippen LogP contribution in [0.1, 0.15) is 5.56 Å². The molecule has 0 atom stereocenters. The van der Waals surface area contributed by atoms with Crippen molar-refractivity contribution in [2.75, 3.05) is 0 Å². The maximum atomic E-state index is 6.89. The molecule has 0 fully saturated rings. The second-order valence-corrected chi connectivity index (χ2v) is 7.16. The minimum Gasteiger partial charge on any atom is -0.241 e. The van der Waals surface area contributed by atoms with Crippen molar-refractivity contribution >= 4 is 22.6 Å². The van der Waals surface area contributed by atoms with Crippen molar-refractivity contribution in [3.8, 4) is 22.5 Å². The molecule has 0 unspecified atom stereocenters. The third kappa shape index (κ3) is 3.28. The van der Waals surface area contributed by atoms with Crippen molar-refractivity contribution in [2.45, 2.75) is 6.54 Å². The molecule has 0 aliphatic rings. The molecule has 0 saturated heterocycles. The number of hydrogen-bond donors (Lipinski definition) is 0. The van der Waals surface area contributed by atoms with Crippen molar-refractivity contribution in [3.05, 3.63) is 102 Å². The molecule has 5 rings (SSSR count). The van der Waals surface area contributed by atoms with Crippen LogP contribution in [0.2, 0.25) is 5.02 Å². The maximum absolute atomic E-state index is 6.89. The summed E-state index contributed by atoms with van der Waals surface area (Å²) in [5.74, 6) is 0. The average molecular weight is 397 g/mol.